The third-order valence-corrected chi connectivity index (χ3v) is 4.01. The minimum atomic E-state index is -0.672. The van der Waals surface area contributed by atoms with Gasteiger partial charge >= 0.3 is 5.97 Å². The third kappa shape index (κ3) is 5.48. The van der Waals surface area contributed by atoms with Crippen molar-refractivity contribution in [2.24, 2.45) is 0 Å². The summed E-state index contributed by atoms with van der Waals surface area (Å²) in [5, 5.41) is 8.86. The maximum atomic E-state index is 12.6. The summed E-state index contributed by atoms with van der Waals surface area (Å²) in [7, 11) is 2.95. The predicted octanol–water partition coefficient (Wildman–Crippen LogP) is 3.12. The van der Waals surface area contributed by atoms with Gasteiger partial charge in [-0.15, -0.1) is 0 Å². The number of benzene rings is 2. The number of methoxy groups -OCH3 is 2. The van der Waals surface area contributed by atoms with Crippen LogP contribution >= 0.6 is 0 Å². The van der Waals surface area contributed by atoms with Crippen LogP contribution in [0, 0.1) is 18.3 Å². The molecular formula is C21H22N2O5. The Bertz CT molecular complexity index is 849. The lowest BCUT2D eigenvalue weighted by Crippen LogP contribution is -2.35. The van der Waals surface area contributed by atoms with Gasteiger partial charge in [0, 0.05) is 18.3 Å². The number of rotatable bonds is 8. The molecule has 0 saturated carbocycles. The zero-order valence-corrected chi connectivity index (χ0v) is 16.1. The van der Waals surface area contributed by atoms with Gasteiger partial charge in [-0.3, -0.25) is 4.79 Å². The lowest BCUT2D eigenvalue weighted by atomic mass is 10.2. The molecule has 0 bridgehead atoms. The molecule has 0 unspecified atom stereocenters. The zero-order valence-electron chi connectivity index (χ0n) is 16.1. The molecule has 0 aliphatic rings. The number of aryl methyl sites for hydroxylation is 1. The summed E-state index contributed by atoms with van der Waals surface area (Å²) in [6.45, 7) is 1.70. The standard InChI is InChI=1S/C21H22N2O5/c1-15-5-7-17(8-6-15)23(10-4-9-22)20(24)14-28-21(25)16-11-18(26-2)13-19(12-16)27-3/h5-8,11-13H,4,10,14H2,1-3H3. The number of carbonyl (C=O) groups is 2. The molecule has 0 fully saturated rings. The summed E-state index contributed by atoms with van der Waals surface area (Å²) in [5.74, 6) is -0.210. The minimum Gasteiger partial charge on any atom is -0.497 e. The van der Waals surface area contributed by atoms with Crippen molar-refractivity contribution < 1.29 is 23.8 Å². The Morgan fingerprint density at radius 2 is 1.64 bits per heavy atom. The predicted molar refractivity (Wildman–Crippen MR) is 104 cm³/mol. The Hall–Kier alpha value is -3.53. The van der Waals surface area contributed by atoms with Crippen LogP contribution in [0.3, 0.4) is 0 Å². The van der Waals surface area contributed by atoms with Crippen molar-refractivity contribution in [3.63, 3.8) is 0 Å². The lowest BCUT2D eigenvalue weighted by Gasteiger charge is -2.22. The summed E-state index contributed by atoms with van der Waals surface area (Å²) >= 11 is 0. The second kappa shape index (κ2) is 9.97. The van der Waals surface area contributed by atoms with Crippen LogP contribution in [0.4, 0.5) is 5.69 Å². The molecule has 7 heteroatoms. The Balaban J connectivity index is 2.10. The van der Waals surface area contributed by atoms with E-state index in [1.165, 1.54) is 31.3 Å². The van der Waals surface area contributed by atoms with E-state index in [1.807, 2.05) is 25.1 Å². The van der Waals surface area contributed by atoms with Crippen molar-refractivity contribution in [2.75, 3.05) is 32.3 Å². The molecule has 7 nitrogen and oxygen atoms in total. The van der Waals surface area contributed by atoms with Crippen LogP contribution in [-0.4, -0.2) is 39.2 Å². The fraction of sp³-hybridized carbons (Fsp3) is 0.286. The van der Waals surface area contributed by atoms with Crippen LogP contribution < -0.4 is 14.4 Å². The second-order valence-electron chi connectivity index (χ2n) is 5.97. The van der Waals surface area contributed by atoms with E-state index >= 15 is 0 Å². The number of anilines is 1. The van der Waals surface area contributed by atoms with Crippen LogP contribution in [0.15, 0.2) is 42.5 Å². The SMILES string of the molecule is COc1cc(OC)cc(C(=O)OCC(=O)N(CCC#N)c2ccc(C)cc2)c1. The van der Waals surface area contributed by atoms with E-state index in [2.05, 4.69) is 0 Å². The van der Waals surface area contributed by atoms with Gasteiger partial charge in [-0.05, 0) is 31.2 Å². The van der Waals surface area contributed by atoms with Crippen molar-refractivity contribution >= 4 is 17.6 Å². The average Bonchev–Trinajstić information content (AvgIpc) is 2.72. The van der Waals surface area contributed by atoms with Crippen molar-refractivity contribution in [1.82, 2.24) is 0 Å². The van der Waals surface area contributed by atoms with E-state index < -0.39 is 18.5 Å². The van der Waals surface area contributed by atoms with E-state index in [-0.39, 0.29) is 18.5 Å². The quantitative estimate of drug-likeness (QED) is 0.652. The largest absolute Gasteiger partial charge is 0.497 e. The number of hydrogen-bond donors (Lipinski definition) is 0. The number of esters is 1. The first-order valence-corrected chi connectivity index (χ1v) is 8.62. The van der Waals surface area contributed by atoms with Gasteiger partial charge in [0.05, 0.1) is 32.3 Å². The highest BCUT2D eigenvalue weighted by Crippen LogP contribution is 2.23. The first-order chi connectivity index (χ1) is 13.5. The van der Waals surface area contributed by atoms with Gasteiger partial charge in [0.2, 0.25) is 0 Å². The molecule has 0 radical (unpaired) electrons. The summed E-state index contributed by atoms with van der Waals surface area (Å²) in [6, 6.07) is 14.0. The summed E-state index contributed by atoms with van der Waals surface area (Å²) < 4.78 is 15.4. The van der Waals surface area contributed by atoms with E-state index in [9.17, 15) is 9.59 Å². The monoisotopic (exact) mass is 382 g/mol. The highest BCUT2D eigenvalue weighted by molar-refractivity contribution is 5.97. The number of ether oxygens (including phenoxy) is 3. The molecule has 28 heavy (non-hydrogen) atoms. The van der Waals surface area contributed by atoms with E-state index in [4.69, 9.17) is 19.5 Å². The van der Waals surface area contributed by atoms with Crippen LogP contribution in [0.2, 0.25) is 0 Å². The fourth-order valence-electron chi connectivity index (χ4n) is 2.50. The van der Waals surface area contributed by atoms with Crippen LogP contribution in [-0.2, 0) is 9.53 Å². The average molecular weight is 382 g/mol. The van der Waals surface area contributed by atoms with Gasteiger partial charge in [-0.2, -0.15) is 5.26 Å². The molecule has 2 aromatic rings. The Kier molecular flexibility index (Phi) is 7.40. The zero-order chi connectivity index (χ0) is 20.5. The van der Waals surface area contributed by atoms with Gasteiger partial charge in [0.15, 0.2) is 6.61 Å². The smallest absolute Gasteiger partial charge is 0.338 e. The summed E-state index contributed by atoms with van der Waals surface area (Å²) in [5.41, 5.74) is 1.91. The molecule has 1 amide bonds. The number of amides is 1. The van der Waals surface area contributed by atoms with E-state index in [1.54, 1.807) is 18.2 Å². The molecule has 146 valence electrons. The molecule has 0 aromatic heterocycles. The number of carbonyl (C=O) groups excluding carboxylic acids is 2. The topological polar surface area (TPSA) is 88.9 Å². The lowest BCUT2D eigenvalue weighted by molar-refractivity contribution is -0.121. The fourth-order valence-corrected chi connectivity index (χ4v) is 2.50. The second-order valence-corrected chi connectivity index (χ2v) is 5.97. The van der Waals surface area contributed by atoms with Crippen molar-refractivity contribution in [2.45, 2.75) is 13.3 Å². The van der Waals surface area contributed by atoms with Crippen LogP contribution in [0.25, 0.3) is 0 Å². The van der Waals surface area contributed by atoms with Crippen LogP contribution in [0.1, 0.15) is 22.3 Å². The summed E-state index contributed by atoms with van der Waals surface area (Å²) in [4.78, 5) is 26.4. The Labute approximate surface area is 164 Å². The first kappa shape index (κ1) is 20.8. The maximum Gasteiger partial charge on any atom is 0.338 e. The molecule has 2 aromatic carbocycles. The minimum absolute atomic E-state index is 0.167. The van der Waals surface area contributed by atoms with Crippen molar-refractivity contribution in [3.8, 4) is 17.6 Å². The Morgan fingerprint density at radius 1 is 1.04 bits per heavy atom. The van der Waals surface area contributed by atoms with Gasteiger partial charge in [0.25, 0.3) is 5.91 Å². The highest BCUT2D eigenvalue weighted by atomic mass is 16.5. The van der Waals surface area contributed by atoms with Gasteiger partial charge in [0.1, 0.15) is 11.5 Å². The maximum absolute atomic E-state index is 12.6. The molecule has 0 N–H and O–H groups in total. The molecule has 0 spiro atoms. The van der Waals surface area contributed by atoms with Gasteiger partial charge in [-0.25, -0.2) is 4.79 Å². The molecule has 0 aliphatic carbocycles. The first-order valence-electron chi connectivity index (χ1n) is 8.62. The molecule has 2 rings (SSSR count). The number of nitriles is 1. The number of nitrogens with zero attached hydrogens (tertiary/aromatic N) is 2. The van der Waals surface area contributed by atoms with Crippen molar-refractivity contribution in [3.05, 3.63) is 53.6 Å². The van der Waals surface area contributed by atoms with E-state index in [0.717, 1.165) is 5.56 Å². The third-order valence-electron chi connectivity index (χ3n) is 4.01. The van der Waals surface area contributed by atoms with E-state index in [0.29, 0.717) is 17.2 Å². The Morgan fingerprint density at radius 3 is 2.18 bits per heavy atom. The van der Waals surface area contributed by atoms with Crippen molar-refractivity contribution in [1.29, 1.82) is 5.26 Å². The van der Waals surface area contributed by atoms with Crippen LogP contribution in [0.5, 0.6) is 11.5 Å². The molecule has 0 saturated heterocycles. The highest BCUT2D eigenvalue weighted by Gasteiger charge is 2.19. The molecular weight excluding hydrogens is 360 g/mol. The van der Waals surface area contributed by atoms with Gasteiger partial charge in [-0.1, -0.05) is 17.7 Å². The molecule has 0 heterocycles. The number of hydrogen-bond acceptors (Lipinski definition) is 6. The normalized spacial score (nSPS) is 9.93. The molecule has 0 atom stereocenters. The molecule has 0 aliphatic heterocycles. The summed E-state index contributed by atoms with van der Waals surface area (Å²) in [6.07, 6.45) is 0.167. The van der Waals surface area contributed by atoms with Gasteiger partial charge < -0.3 is 19.1 Å².